The van der Waals surface area contributed by atoms with Gasteiger partial charge < -0.3 is 9.80 Å². The van der Waals surface area contributed by atoms with Crippen LogP contribution in [0.3, 0.4) is 0 Å². The molecule has 0 bridgehead atoms. The minimum atomic E-state index is -3.75. The maximum Gasteiger partial charge on any atom is 0.246 e. The van der Waals surface area contributed by atoms with Gasteiger partial charge in [-0.3, -0.25) is 9.10 Å². The van der Waals surface area contributed by atoms with Crippen LogP contribution in [0.25, 0.3) is 0 Å². The monoisotopic (exact) mass is 467 g/mol. The van der Waals surface area contributed by atoms with Crippen molar-refractivity contribution in [3.63, 3.8) is 0 Å². The second-order valence-corrected chi connectivity index (χ2v) is 10.00. The topological polar surface area (TPSA) is 60.9 Å². The van der Waals surface area contributed by atoms with Crippen LogP contribution in [-0.2, 0) is 14.8 Å². The number of hydrogen-bond acceptors (Lipinski definition) is 4. The average molecular weight is 468 g/mol. The smallest absolute Gasteiger partial charge is 0.246 e. The average Bonchev–Trinajstić information content (AvgIpc) is 2.73. The lowest BCUT2D eigenvalue weighted by atomic mass is 10.1. The quantitative estimate of drug-likeness (QED) is 0.650. The van der Waals surface area contributed by atoms with E-state index in [1.54, 1.807) is 11.8 Å². The van der Waals surface area contributed by atoms with Gasteiger partial charge in [0.05, 0.1) is 11.9 Å². The molecule has 0 radical (unpaired) electrons. The Balaban J connectivity index is 1.78. The lowest BCUT2D eigenvalue weighted by molar-refractivity contribution is -0.132. The molecule has 168 valence electrons. The van der Waals surface area contributed by atoms with Crippen molar-refractivity contribution < 1.29 is 17.6 Å². The Hall–Kier alpha value is -2.32. The fraction of sp³-hybridized carbons (Fsp3) is 0.409. The van der Waals surface area contributed by atoms with E-state index < -0.39 is 21.9 Å². The van der Waals surface area contributed by atoms with Crippen molar-refractivity contribution in [1.29, 1.82) is 0 Å². The first-order chi connectivity index (χ1) is 14.6. The molecule has 1 aliphatic heterocycles. The van der Waals surface area contributed by atoms with Crippen molar-refractivity contribution in [1.82, 2.24) is 4.90 Å². The molecule has 1 atom stereocenters. The Labute approximate surface area is 188 Å². The second-order valence-electron chi connectivity index (χ2n) is 7.70. The molecular weight excluding hydrogens is 441 g/mol. The number of carbonyl (C=O) groups is 1. The van der Waals surface area contributed by atoms with Crippen LogP contribution in [0.4, 0.5) is 15.8 Å². The number of hydrogen-bond donors (Lipinski definition) is 0. The van der Waals surface area contributed by atoms with Gasteiger partial charge in [-0.25, -0.2) is 12.8 Å². The van der Waals surface area contributed by atoms with Crippen molar-refractivity contribution in [2.75, 3.05) is 41.6 Å². The third-order valence-electron chi connectivity index (χ3n) is 5.50. The van der Waals surface area contributed by atoms with E-state index in [0.29, 0.717) is 37.6 Å². The van der Waals surface area contributed by atoms with Crippen LogP contribution in [0.2, 0.25) is 5.02 Å². The van der Waals surface area contributed by atoms with E-state index in [1.165, 1.54) is 24.3 Å². The molecule has 6 nitrogen and oxygen atoms in total. The van der Waals surface area contributed by atoms with Gasteiger partial charge in [-0.1, -0.05) is 24.6 Å². The zero-order chi connectivity index (χ0) is 22.8. The number of carbonyl (C=O) groups excluding carboxylic acids is 1. The molecule has 3 rings (SSSR count). The van der Waals surface area contributed by atoms with Gasteiger partial charge >= 0.3 is 0 Å². The Kier molecular flexibility index (Phi) is 7.11. The fourth-order valence-electron chi connectivity index (χ4n) is 3.93. The normalized spacial score (nSPS) is 15.6. The molecule has 0 spiro atoms. The maximum atomic E-state index is 13.4. The van der Waals surface area contributed by atoms with Crippen molar-refractivity contribution in [3.05, 3.63) is 58.9 Å². The number of sulfonamides is 1. The molecule has 1 aliphatic rings. The number of halogens is 2. The van der Waals surface area contributed by atoms with E-state index in [0.717, 1.165) is 21.8 Å². The van der Waals surface area contributed by atoms with Crippen LogP contribution in [0.15, 0.2) is 42.5 Å². The fourth-order valence-corrected chi connectivity index (χ4v) is 5.31. The highest BCUT2D eigenvalue weighted by Gasteiger charge is 2.35. The molecule has 1 heterocycles. The Bertz CT molecular complexity index is 1040. The first kappa shape index (κ1) is 23.3. The number of amides is 1. The SMILES string of the molecule is CCC(C(=O)N1CCN(c2cc(Cl)ccc2C)CC1)N(c1ccc(F)cc1)S(C)(=O)=O. The van der Waals surface area contributed by atoms with Crippen LogP contribution >= 0.6 is 11.6 Å². The summed E-state index contributed by atoms with van der Waals surface area (Å²) < 4.78 is 39.6. The van der Waals surface area contributed by atoms with Crippen molar-refractivity contribution in [3.8, 4) is 0 Å². The zero-order valence-electron chi connectivity index (χ0n) is 17.9. The van der Waals surface area contributed by atoms with E-state index in [9.17, 15) is 17.6 Å². The maximum absolute atomic E-state index is 13.4. The Morgan fingerprint density at radius 3 is 2.29 bits per heavy atom. The lowest BCUT2D eigenvalue weighted by Gasteiger charge is -2.40. The summed E-state index contributed by atoms with van der Waals surface area (Å²) in [5, 5.41) is 0.660. The molecule has 9 heteroatoms. The molecule has 1 saturated heterocycles. The van der Waals surface area contributed by atoms with Crippen LogP contribution < -0.4 is 9.21 Å². The van der Waals surface area contributed by atoms with E-state index in [1.807, 2.05) is 25.1 Å². The third kappa shape index (κ3) is 5.30. The lowest BCUT2D eigenvalue weighted by Crippen LogP contribution is -2.56. The number of benzene rings is 2. The van der Waals surface area contributed by atoms with E-state index >= 15 is 0 Å². The molecule has 0 aromatic heterocycles. The minimum absolute atomic E-state index is 0.250. The van der Waals surface area contributed by atoms with Crippen LogP contribution in [0, 0.1) is 12.7 Å². The molecule has 2 aromatic carbocycles. The molecule has 0 N–H and O–H groups in total. The molecule has 1 unspecified atom stereocenters. The zero-order valence-corrected chi connectivity index (χ0v) is 19.5. The molecule has 0 saturated carbocycles. The van der Waals surface area contributed by atoms with Gasteiger partial charge in [0.1, 0.15) is 11.9 Å². The standard InChI is InChI=1S/C22H27ClFN3O3S/c1-4-20(27(31(3,29)30)19-9-7-18(24)8-10-19)22(28)26-13-11-25(12-14-26)21-15-17(23)6-5-16(21)2/h5-10,15,20H,4,11-14H2,1-3H3. The predicted octanol–water partition coefficient (Wildman–Crippen LogP) is 3.68. The van der Waals surface area contributed by atoms with Crippen molar-refractivity contribution in [2.45, 2.75) is 26.3 Å². The van der Waals surface area contributed by atoms with Crippen molar-refractivity contribution in [2.24, 2.45) is 0 Å². The highest BCUT2D eigenvalue weighted by Crippen LogP contribution is 2.27. The molecule has 1 fully saturated rings. The predicted molar refractivity (Wildman–Crippen MR) is 123 cm³/mol. The second kappa shape index (κ2) is 9.44. The number of piperazine rings is 1. The van der Waals surface area contributed by atoms with Crippen LogP contribution in [-0.4, -0.2) is 57.7 Å². The van der Waals surface area contributed by atoms with E-state index in [4.69, 9.17) is 11.6 Å². The molecule has 0 aliphatic carbocycles. The summed E-state index contributed by atoms with van der Waals surface area (Å²) in [6.07, 6.45) is 1.36. The van der Waals surface area contributed by atoms with Gasteiger partial charge in [0.2, 0.25) is 15.9 Å². The van der Waals surface area contributed by atoms with Gasteiger partial charge in [-0.2, -0.15) is 0 Å². The van der Waals surface area contributed by atoms with Gasteiger partial charge in [0.25, 0.3) is 0 Å². The molecule has 31 heavy (non-hydrogen) atoms. The first-order valence-electron chi connectivity index (χ1n) is 10.2. The summed E-state index contributed by atoms with van der Waals surface area (Å²) in [7, 11) is -3.75. The largest absolute Gasteiger partial charge is 0.368 e. The van der Waals surface area contributed by atoms with Gasteiger partial charge in [-0.15, -0.1) is 0 Å². The van der Waals surface area contributed by atoms with Gasteiger partial charge in [-0.05, 0) is 55.3 Å². The van der Waals surface area contributed by atoms with E-state index in [2.05, 4.69) is 4.90 Å². The Morgan fingerprint density at radius 2 is 1.74 bits per heavy atom. The minimum Gasteiger partial charge on any atom is -0.368 e. The molecule has 2 aromatic rings. The number of rotatable bonds is 6. The summed E-state index contributed by atoms with van der Waals surface area (Å²) >= 11 is 6.14. The first-order valence-corrected chi connectivity index (χ1v) is 12.4. The summed E-state index contributed by atoms with van der Waals surface area (Å²) in [6, 6.07) is 9.99. The highest BCUT2D eigenvalue weighted by atomic mass is 35.5. The van der Waals surface area contributed by atoms with Crippen LogP contribution in [0.5, 0.6) is 0 Å². The summed E-state index contributed by atoms with van der Waals surface area (Å²) in [6.45, 7) is 5.99. The summed E-state index contributed by atoms with van der Waals surface area (Å²) in [5.41, 5.74) is 2.42. The number of nitrogens with zero attached hydrogens (tertiary/aromatic N) is 3. The molecular formula is C22H27ClFN3O3S. The Morgan fingerprint density at radius 1 is 1.13 bits per heavy atom. The summed E-state index contributed by atoms with van der Waals surface area (Å²) in [4.78, 5) is 17.2. The highest BCUT2D eigenvalue weighted by molar-refractivity contribution is 7.92. The third-order valence-corrected chi connectivity index (χ3v) is 6.91. The van der Waals surface area contributed by atoms with Crippen molar-refractivity contribution >= 4 is 38.9 Å². The van der Waals surface area contributed by atoms with Gasteiger partial charge in [0.15, 0.2) is 0 Å². The molecule has 1 amide bonds. The summed E-state index contributed by atoms with van der Waals surface area (Å²) in [5.74, 6) is -0.719. The van der Waals surface area contributed by atoms with Gasteiger partial charge in [0, 0.05) is 36.9 Å². The number of anilines is 2. The van der Waals surface area contributed by atoms with Crippen LogP contribution in [0.1, 0.15) is 18.9 Å². The number of aryl methyl sites for hydroxylation is 1. The van der Waals surface area contributed by atoms with E-state index in [-0.39, 0.29) is 11.6 Å².